The summed E-state index contributed by atoms with van der Waals surface area (Å²) in [7, 11) is 0. The molecule has 2 N–H and O–H groups in total. The van der Waals surface area contributed by atoms with Crippen molar-refractivity contribution in [1.82, 2.24) is 15.4 Å². The molecular formula is C19H18FN5O3S. The smallest absolute Gasteiger partial charge is 0.256 e. The second-order valence-electron chi connectivity index (χ2n) is 6.04. The van der Waals surface area contributed by atoms with E-state index in [0.717, 1.165) is 0 Å². The van der Waals surface area contributed by atoms with E-state index in [1.807, 2.05) is 0 Å². The number of benzene rings is 1. The van der Waals surface area contributed by atoms with Gasteiger partial charge in [-0.3, -0.25) is 9.59 Å². The summed E-state index contributed by atoms with van der Waals surface area (Å²) in [5.74, 6) is 1.08. The number of nitrogens with zero attached hydrogens (tertiary/aromatic N) is 3. The number of hydrogen-bond donors (Lipinski definition) is 2. The van der Waals surface area contributed by atoms with Crippen molar-refractivity contribution in [2.45, 2.75) is 24.8 Å². The van der Waals surface area contributed by atoms with E-state index in [2.05, 4.69) is 26.0 Å². The fourth-order valence-corrected chi connectivity index (χ4v) is 3.05. The van der Waals surface area contributed by atoms with Gasteiger partial charge in [0.05, 0.1) is 0 Å². The summed E-state index contributed by atoms with van der Waals surface area (Å²) >= 11 is 1.46. The van der Waals surface area contributed by atoms with Crippen LogP contribution in [0.3, 0.4) is 0 Å². The van der Waals surface area contributed by atoms with Gasteiger partial charge in [0.15, 0.2) is 11.6 Å². The lowest BCUT2D eigenvalue weighted by Crippen LogP contribution is -2.13. The minimum atomic E-state index is -0.409. The Morgan fingerprint density at radius 3 is 2.52 bits per heavy atom. The molecule has 0 unspecified atom stereocenters. The Morgan fingerprint density at radius 2 is 1.86 bits per heavy atom. The Labute approximate surface area is 170 Å². The maximum atomic E-state index is 12.9. The van der Waals surface area contributed by atoms with Gasteiger partial charge in [-0.15, -0.1) is 22.0 Å². The molecule has 0 atom stereocenters. The number of thioether (sulfide) groups is 1. The molecule has 0 fully saturated rings. The molecular weight excluding hydrogens is 397 g/mol. The van der Waals surface area contributed by atoms with E-state index in [-0.39, 0.29) is 5.91 Å². The summed E-state index contributed by atoms with van der Waals surface area (Å²) in [6.45, 7) is 1.75. The van der Waals surface area contributed by atoms with Crippen LogP contribution in [0.15, 0.2) is 52.0 Å². The van der Waals surface area contributed by atoms with Gasteiger partial charge < -0.3 is 15.2 Å². The fraction of sp³-hybridized carbons (Fsp3) is 0.211. The summed E-state index contributed by atoms with van der Waals surface area (Å²) in [5, 5.41) is 17.6. The number of amides is 2. The maximum absolute atomic E-state index is 12.9. The van der Waals surface area contributed by atoms with E-state index < -0.39 is 11.7 Å². The van der Waals surface area contributed by atoms with Gasteiger partial charge in [-0.25, -0.2) is 4.39 Å². The Bertz CT molecular complexity index is 976. The predicted octanol–water partition coefficient (Wildman–Crippen LogP) is 3.68. The van der Waals surface area contributed by atoms with Crippen LogP contribution in [0.5, 0.6) is 0 Å². The molecule has 8 nitrogen and oxygen atoms in total. The molecule has 3 rings (SSSR count). The summed E-state index contributed by atoms with van der Waals surface area (Å²) in [6, 6.07) is 10.2. The van der Waals surface area contributed by atoms with E-state index in [0.29, 0.717) is 46.6 Å². The van der Waals surface area contributed by atoms with Crippen molar-refractivity contribution in [2.75, 3.05) is 16.4 Å². The van der Waals surface area contributed by atoms with Crippen molar-refractivity contribution >= 4 is 35.2 Å². The number of anilines is 2. The molecule has 10 heteroatoms. The molecule has 0 radical (unpaired) electrons. The largest absolute Gasteiger partial charge is 0.360 e. The van der Waals surface area contributed by atoms with Crippen molar-refractivity contribution in [3.8, 4) is 0 Å². The van der Waals surface area contributed by atoms with Crippen LogP contribution in [0.1, 0.15) is 29.0 Å². The van der Waals surface area contributed by atoms with Crippen molar-refractivity contribution < 1.29 is 18.5 Å². The monoisotopic (exact) mass is 415 g/mol. The quantitative estimate of drug-likeness (QED) is 0.427. The standard InChI is InChI=1S/C19H18FN5O3S/c1-12-11-16(25-28-12)21-17(26)3-2-10-29-18-9-8-15(23-24-18)22-19(27)13-4-6-14(20)7-5-13/h4-9,11H,2-3,10H2,1H3,(H,21,25,26)(H,22,23,27). The van der Waals surface area contributed by atoms with Crippen LogP contribution in [0, 0.1) is 12.7 Å². The van der Waals surface area contributed by atoms with Gasteiger partial charge in [0.1, 0.15) is 16.6 Å². The van der Waals surface area contributed by atoms with E-state index >= 15 is 0 Å². The number of nitrogens with one attached hydrogen (secondary N) is 2. The third-order valence-electron chi connectivity index (χ3n) is 3.68. The molecule has 29 heavy (non-hydrogen) atoms. The molecule has 2 amide bonds. The maximum Gasteiger partial charge on any atom is 0.256 e. The van der Waals surface area contributed by atoms with Crippen LogP contribution in [0.4, 0.5) is 16.0 Å². The molecule has 2 heterocycles. The first-order valence-corrected chi connectivity index (χ1v) is 9.75. The highest BCUT2D eigenvalue weighted by Gasteiger charge is 2.09. The van der Waals surface area contributed by atoms with Crippen molar-refractivity contribution in [3.63, 3.8) is 0 Å². The average Bonchev–Trinajstić information content (AvgIpc) is 3.11. The van der Waals surface area contributed by atoms with Gasteiger partial charge in [-0.05, 0) is 49.7 Å². The Hall–Kier alpha value is -3.27. The molecule has 0 saturated heterocycles. The van der Waals surface area contributed by atoms with Crippen LogP contribution in [0.2, 0.25) is 0 Å². The molecule has 2 aromatic heterocycles. The highest BCUT2D eigenvalue weighted by atomic mass is 32.2. The third kappa shape index (κ3) is 6.39. The van der Waals surface area contributed by atoms with E-state index in [1.165, 1.54) is 36.0 Å². The Morgan fingerprint density at radius 1 is 1.07 bits per heavy atom. The van der Waals surface area contributed by atoms with Gasteiger partial charge in [-0.1, -0.05) is 5.16 Å². The molecule has 0 aliphatic heterocycles. The van der Waals surface area contributed by atoms with Gasteiger partial charge in [-0.2, -0.15) is 0 Å². The molecule has 0 aliphatic carbocycles. The lowest BCUT2D eigenvalue weighted by molar-refractivity contribution is -0.116. The minimum absolute atomic E-state index is 0.135. The van der Waals surface area contributed by atoms with Crippen molar-refractivity contribution in [2.24, 2.45) is 0 Å². The Balaban J connectivity index is 1.39. The first kappa shape index (κ1) is 20.5. The predicted molar refractivity (Wildman–Crippen MR) is 106 cm³/mol. The zero-order valence-corrected chi connectivity index (χ0v) is 16.3. The van der Waals surface area contributed by atoms with Gasteiger partial charge in [0.2, 0.25) is 5.91 Å². The lowest BCUT2D eigenvalue weighted by Gasteiger charge is -2.05. The first-order valence-electron chi connectivity index (χ1n) is 8.76. The lowest BCUT2D eigenvalue weighted by atomic mass is 10.2. The van der Waals surface area contributed by atoms with Crippen LogP contribution < -0.4 is 10.6 Å². The topological polar surface area (TPSA) is 110 Å². The highest BCUT2D eigenvalue weighted by molar-refractivity contribution is 7.99. The molecule has 0 spiro atoms. The molecule has 0 aliphatic rings. The SMILES string of the molecule is Cc1cc(NC(=O)CCCSc2ccc(NC(=O)c3ccc(F)cc3)nn2)no1. The summed E-state index contributed by atoms with van der Waals surface area (Å²) in [6.07, 6.45) is 0.996. The number of carbonyl (C=O) groups is 2. The Kier molecular flexibility index (Phi) is 6.90. The van der Waals surface area contributed by atoms with Crippen LogP contribution >= 0.6 is 11.8 Å². The zero-order valence-electron chi connectivity index (χ0n) is 15.5. The first-order chi connectivity index (χ1) is 14.0. The minimum Gasteiger partial charge on any atom is -0.360 e. The molecule has 1 aromatic carbocycles. The molecule has 0 saturated carbocycles. The second-order valence-corrected chi connectivity index (χ2v) is 7.16. The van der Waals surface area contributed by atoms with E-state index in [1.54, 1.807) is 25.1 Å². The summed E-state index contributed by atoms with van der Waals surface area (Å²) in [4.78, 5) is 23.9. The number of carbonyl (C=O) groups excluding carboxylic acids is 2. The molecule has 3 aromatic rings. The van der Waals surface area contributed by atoms with Gasteiger partial charge in [0, 0.05) is 23.8 Å². The fourth-order valence-electron chi connectivity index (χ4n) is 2.29. The van der Waals surface area contributed by atoms with E-state index in [9.17, 15) is 14.0 Å². The van der Waals surface area contributed by atoms with Crippen molar-refractivity contribution in [1.29, 1.82) is 0 Å². The van der Waals surface area contributed by atoms with Gasteiger partial charge >= 0.3 is 0 Å². The number of hydrogen-bond acceptors (Lipinski definition) is 7. The zero-order chi connectivity index (χ0) is 20.6. The third-order valence-corrected chi connectivity index (χ3v) is 4.69. The second kappa shape index (κ2) is 9.78. The van der Waals surface area contributed by atoms with Crippen molar-refractivity contribution in [3.05, 3.63) is 59.6 Å². The highest BCUT2D eigenvalue weighted by Crippen LogP contribution is 2.18. The molecule has 150 valence electrons. The number of rotatable bonds is 8. The summed E-state index contributed by atoms with van der Waals surface area (Å²) in [5.41, 5.74) is 0.325. The van der Waals surface area contributed by atoms with Crippen LogP contribution in [0.25, 0.3) is 0 Å². The van der Waals surface area contributed by atoms with Crippen LogP contribution in [-0.2, 0) is 4.79 Å². The molecule has 0 bridgehead atoms. The van der Waals surface area contributed by atoms with E-state index in [4.69, 9.17) is 4.52 Å². The average molecular weight is 415 g/mol. The van der Waals surface area contributed by atoms with Gasteiger partial charge in [0.25, 0.3) is 5.91 Å². The summed E-state index contributed by atoms with van der Waals surface area (Å²) < 4.78 is 17.8. The van der Waals surface area contributed by atoms with Crippen LogP contribution in [-0.4, -0.2) is 32.9 Å². The normalized spacial score (nSPS) is 10.6. The number of aromatic nitrogens is 3. The number of halogens is 1. The number of aryl methyl sites for hydroxylation is 1.